The van der Waals surface area contributed by atoms with E-state index < -0.39 is 0 Å². The second kappa shape index (κ2) is 7.54. The summed E-state index contributed by atoms with van der Waals surface area (Å²) in [7, 11) is 0. The molecular formula is C21H16ClN. The maximum atomic E-state index is 6.12. The molecule has 0 atom stereocenters. The van der Waals surface area contributed by atoms with Gasteiger partial charge in [-0.15, -0.1) is 0 Å². The van der Waals surface area contributed by atoms with Crippen molar-refractivity contribution in [2.45, 2.75) is 6.54 Å². The van der Waals surface area contributed by atoms with Gasteiger partial charge < -0.3 is 5.32 Å². The Labute approximate surface area is 141 Å². The van der Waals surface area contributed by atoms with Gasteiger partial charge in [0.25, 0.3) is 0 Å². The molecule has 3 aromatic carbocycles. The van der Waals surface area contributed by atoms with Gasteiger partial charge in [0.2, 0.25) is 0 Å². The predicted molar refractivity (Wildman–Crippen MR) is 97.6 cm³/mol. The van der Waals surface area contributed by atoms with Crippen LogP contribution in [0.1, 0.15) is 16.7 Å². The Kier molecular flexibility index (Phi) is 4.99. The van der Waals surface area contributed by atoms with E-state index in [0.717, 1.165) is 23.4 Å². The highest BCUT2D eigenvalue weighted by atomic mass is 35.5. The Morgan fingerprint density at radius 2 is 1.48 bits per heavy atom. The molecule has 1 nitrogen and oxygen atoms in total. The lowest BCUT2D eigenvalue weighted by Gasteiger charge is -2.09. The first-order valence-electron chi connectivity index (χ1n) is 7.46. The summed E-state index contributed by atoms with van der Waals surface area (Å²) in [5, 5.41) is 4.12. The highest BCUT2D eigenvalue weighted by Crippen LogP contribution is 2.20. The number of hydrogen-bond acceptors (Lipinski definition) is 1. The average molecular weight is 318 g/mol. The molecule has 3 rings (SSSR count). The van der Waals surface area contributed by atoms with E-state index in [1.807, 2.05) is 66.7 Å². The molecule has 2 heteroatoms. The molecule has 23 heavy (non-hydrogen) atoms. The molecule has 0 heterocycles. The van der Waals surface area contributed by atoms with Crippen LogP contribution in [0.5, 0.6) is 0 Å². The second-order valence-corrected chi connectivity index (χ2v) is 5.58. The van der Waals surface area contributed by atoms with Gasteiger partial charge in [-0.2, -0.15) is 0 Å². The molecule has 0 spiro atoms. The van der Waals surface area contributed by atoms with Crippen molar-refractivity contribution in [2.75, 3.05) is 5.32 Å². The minimum absolute atomic E-state index is 0.688. The van der Waals surface area contributed by atoms with Gasteiger partial charge in [0.1, 0.15) is 0 Å². The summed E-state index contributed by atoms with van der Waals surface area (Å²) in [5.41, 5.74) is 4.10. The lowest BCUT2D eigenvalue weighted by atomic mass is 10.1. The Morgan fingerprint density at radius 3 is 2.22 bits per heavy atom. The normalized spacial score (nSPS) is 9.78. The van der Waals surface area contributed by atoms with Gasteiger partial charge in [-0.3, -0.25) is 0 Å². The molecule has 0 bridgehead atoms. The highest BCUT2D eigenvalue weighted by Gasteiger charge is 2.01. The summed E-state index contributed by atoms with van der Waals surface area (Å²) in [6, 6.07) is 26.0. The van der Waals surface area contributed by atoms with E-state index in [4.69, 9.17) is 11.6 Å². The maximum Gasteiger partial charge on any atom is 0.0503 e. The minimum atomic E-state index is 0.688. The molecule has 0 aliphatic heterocycles. The van der Waals surface area contributed by atoms with Gasteiger partial charge in [0.15, 0.2) is 0 Å². The topological polar surface area (TPSA) is 12.0 Å². The fourth-order valence-corrected chi connectivity index (χ4v) is 2.40. The third kappa shape index (κ3) is 4.39. The maximum absolute atomic E-state index is 6.12. The summed E-state index contributed by atoms with van der Waals surface area (Å²) >= 11 is 6.12. The van der Waals surface area contributed by atoms with E-state index in [1.54, 1.807) is 0 Å². The Hall–Kier alpha value is -2.69. The van der Waals surface area contributed by atoms with Crippen LogP contribution in [0.2, 0.25) is 5.02 Å². The Balaban J connectivity index is 1.82. The van der Waals surface area contributed by atoms with Gasteiger partial charge in [-0.25, -0.2) is 0 Å². The van der Waals surface area contributed by atoms with Crippen molar-refractivity contribution >= 4 is 17.3 Å². The molecule has 0 aromatic heterocycles. The zero-order valence-electron chi connectivity index (χ0n) is 12.6. The van der Waals surface area contributed by atoms with Crippen molar-refractivity contribution in [3.05, 3.63) is 101 Å². The zero-order chi connectivity index (χ0) is 15.9. The van der Waals surface area contributed by atoms with E-state index in [2.05, 4.69) is 29.3 Å². The molecule has 0 amide bonds. The molecule has 3 aromatic rings. The molecule has 0 radical (unpaired) electrons. The van der Waals surface area contributed by atoms with E-state index in [1.165, 1.54) is 5.56 Å². The van der Waals surface area contributed by atoms with Crippen LogP contribution in [0.15, 0.2) is 78.9 Å². The Morgan fingerprint density at radius 1 is 0.783 bits per heavy atom. The van der Waals surface area contributed by atoms with Gasteiger partial charge in [-0.1, -0.05) is 72.0 Å². The molecule has 0 saturated carbocycles. The van der Waals surface area contributed by atoms with Crippen LogP contribution >= 0.6 is 11.6 Å². The molecule has 0 saturated heterocycles. The average Bonchev–Trinajstić information content (AvgIpc) is 2.61. The first-order valence-corrected chi connectivity index (χ1v) is 7.83. The lowest BCUT2D eigenvalue weighted by molar-refractivity contribution is 1.15. The van der Waals surface area contributed by atoms with Crippen LogP contribution in [0.3, 0.4) is 0 Å². The SMILES string of the molecule is Clc1ccc(NCc2ccccc2)c(C#Cc2ccccc2)c1. The van der Waals surface area contributed by atoms with Crippen molar-refractivity contribution in [3.8, 4) is 11.8 Å². The predicted octanol–water partition coefficient (Wildman–Crippen LogP) is 5.35. The van der Waals surface area contributed by atoms with Crippen molar-refractivity contribution in [3.63, 3.8) is 0 Å². The van der Waals surface area contributed by atoms with Gasteiger partial charge in [0, 0.05) is 22.7 Å². The third-order valence-electron chi connectivity index (χ3n) is 3.42. The van der Waals surface area contributed by atoms with E-state index in [9.17, 15) is 0 Å². The van der Waals surface area contributed by atoms with Crippen LogP contribution < -0.4 is 5.32 Å². The van der Waals surface area contributed by atoms with E-state index >= 15 is 0 Å². The lowest BCUT2D eigenvalue weighted by Crippen LogP contribution is -2.01. The number of rotatable bonds is 3. The Bertz CT molecular complexity index is 830. The van der Waals surface area contributed by atoms with E-state index in [0.29, 0.717) is 5.02 Å². The van der Waals surface area contributed by atoms with Crippen LogP contribution in [0, 0.1) is 11.8 Å². The van der Waals surface area contributed by atoms with Crippen LogP contribution in [-0.4, -0.2) is 0 Å². The fraction of sp³-hybridized carbons (Fsp3) is 0.0476. The summed E-state index contributed by atoms with van der Waals surface area (Å²) in [5.74, 6) is 6.39. The van der Waals surface area contributed by atoms with Crippen molar-refractivity contribution in [1.82, 2.24) is 0 Å². The molecule has 0 aliphatic rings. The van der Waals surface area contributed by atoms with Crippen LogP contribution in [-0.2, 0) is 6.54 Å². The second-order valence-electron chi connectivity index (χ2n) is 5.15. The first kappa shape index (κ1) is 15.2. The third-order valence-corrected chi connectivity index (χ3v) is 3.66. The molecule has 1 N–H and O–H groups in total. The number of anilines is 1. The molecule has 0 aliphatic carbocycles. The number of nitrogens with one attached hydrogen (secondary N) is 1. The van der Waals surface area contributed by atoms with Crippen LogP contribution in [0.25, 0.3) is 0 Å². The first-order chi connectivity index (χ1) is 11.3. The number of hydrogen-bond donors (Lipinski definition) is 1. The molecule has 112 valence electrons. The van der Waals surface area contributed by atoms with E-state index in [-0.39, 0.29) is 0 Å². The fourth-order valence-electron chi connectivity index (χ4n) is 2.23. The smallest absolute Gasteiger partial charge is 0.0503 e. The van der Waals surface area contributed by atoms with Gasteiger partial charge in [-0.05, 0) is 35.9 Å². The zero-order valence-corrected chi connectivity index (χ0v) is 13.3. The summed E-state index contributed by atoms with van der Waals surface area (Å²) < 4.78 is 0. The summed E-state index contributed by atoms with van der Waals surface area (Å²) in [6.45, 7) is 0.752. The largest absolute Gasteiger partial charge is 0.380 e. The summed E-state index contributed by atoms with van der Waals surface area (Å²) in [4.78, 5) is 0. The van der Waals surface area contributed by atoms with Crippen molar-refractivity contribution < 1.29 is 0 Å². The monoisotopic (exact) mass is 317 g/mol. The van der Waals surface area contributed by atoms with Gasteiger partial charge >= 0.3 is 0 Å². The van der Waals surface area contributed by atoms with Crippen LogP contribution in [0.4, 0.5) is 5.69 Å². The molecule has 0 unspecified atom stereocenters. The molecular weight excluding hydrogens is 302 g/mol. The summed E-state index contributed by atoms with van der Waals surface area (Å²) in [6.07, 6.45) is 0. The van der Waals surface area contributed by atoms with Gasteiger partial charge in [0.05, 0.1) is 5.69 Å². The van der Waals surface area contributed by atoms with Crippen molar-refractivity contribution in [2.24, 2.45) is 0 Å². The van der Waals surface area contributed by atoms with Crippen molar-refractivity contribution in [1.29, 1.82) is 0 Å². The molecule has 0 fully saturated rings. The standard InChI is InChI=1S/C21H16ClN/c22-20-13-14-21(23-16-18-9-5-2-6-10-18)19(15-20)12-11-17-7-3-1-4-8-17/h1-10,13-15,23H,16H2. The quantitative estimate of drug-likeness (QED) is 0.642. The number of benzene rings is 3. The highest BCUT2D eigenvalue weighted by molar-refractivity contribution is 6.30. The number of halogens is 1. The minimum Gasteiger partial charge on any atom is -0.380 e.